The SMILES string of the molecule is C=CC1(C(=O)OC)CCNC1.Cl. The van der Waals surface area contributed by atoms with Crippen molar-refractivity contribution in [2.75, 3.05) is 20.2 Å². The molecule has 0 spiro atoms. The normalized spacial score (nSPS) is 27.4. The minimum absolute atomic E-state index is 0. The number of halogens is 1. The number of carbonyl (C=O) groups is 1. The largest absolute Gasteiger partial charge is 0.468 e. The minimum Gasteiger partial charge on any atom is -0.468 e. The summed E-state index contributed by atoms with van der Waals surface area (Å²) >= 11 is 0. The van der Waals surface area contributed by atoms with Gasteiger partial charge in [0.05, 0.1) is 12.5 Å². The van der Waals surface area contributed by atoms with Crippen LogP contribution >= 0.6 is 12.4 Å². The molecule has 1 N–H and O–H groups in total. The molecule has 0 saturated carbocycles. The third-order valence-corrected chi connectivity index (χ3v) is 2.17. The molecular formula is C8H14ClNO2. The molecule has 70 valence electrons. The summed E-state index contributed by atoms with van der Waals surface area (Å²) in [6.45, 7) is 5.16. The van der Waals surface area contributed by atoms with Gasteiger partial charge in [0.1, 0.15) is 0 Å². The molecule has 0 aromatic heterocycles. The number of ether oxygens (including phenoxy) is 1. The Hall–Kier alpha value is -0.540. The van der Waals surface area contributed by atoms with Crippen LogP contribution in [0, 0.1) is 5.41 Å². The highest BCUT2D eigenvalue weighted by Gasteiger charge is 2.39. The maximum atomic E-state index is 11.2. The molecule has 0 aromatic rings. The Balaban J connectivity index is 0.00000121. The average Bonchev–Trinajstić information content (AvgIpc) is 2.52. The number of nitrogens with one attached hydrogen (secondary N) is 1. The summed E-state index contributed by atoms with van der Waals surface area (Å²) in [5.74, 6) is -0.183. The molecule has 1 aliphatic rings. The lowest BCUT2D eigenvalue weighted by molar-refractivity contribution is -0.148. The number of hydrogen-bond donors (Lipinski definition) is 1. The van der Waals surface area contributed by atoms with Gasteiger partial charge in [-0.15, -0.1) is 19.0 Å². The number of rotatable bonds is 2. The monoisotopic (exact) mass is 191 g/mol. The third-order valence-electron chi connectivity index (χ3n) is 2.17. The van der Waals surface area contributed by atoms with Crippen LogP contribution < -0.4 is 5.32 Å². The van der Waals surface area contributed by atoms with E-state index in [0.717, 1.165) is 13.0 Å². The molecule has 3 nitrogen and oxygen atoms in total. The van der Waals surface area contributed by atoms with Crippen LogP contribution in [0.1, 0.15) is 6.42 Å². The first kappa shape index (κ1) is 11.5. The molecule has 1 saturated heterocycles. The smallest absolute Gasteiger partial charge is 0.317 e. The Morgan fingerprint density at radius 2 is 2.42 bits per heavy atom. The van der Waals surface area contributed by atoms with Gasteiger partial charge in [-0.3, -0.25) is 4.79 Å². The van der Waals surface area contributed by atoms with Crippen molar-refractivity contribution in [2.45, 2.75) is 6.42 Å². The lowest BCUT2D eigenvalue weighted by Gasteiger charge is -2.19. The van der Waals surface area contributed by atoms with E-state index >= 15 is 0 Å². The van der Waals surface area contributed by atoms with E-state index in [1.54, 1.807) is 6.08 Å². The van der Waals surface area contributed by atoms with Gasteiger partial charge < -0.3 is 10.1 Å². The summed E-state index contributed by atoms with van der Waals surface area (Å²) in [4.78, 5) is 11.2. The van der Waals surface area contributed by atoms with Gasteiger partial charge in [-0.2, -0.15) is 0 Å². The third kappa shape index (κ3) is 1.79. The van der Waals surface area contributed by atoms with Crippen molar-refractivity contribution in [3.63, 3.8) is 0 Å². The molecule has 1 atom stereocenters. The Morgan fingerprint density at radius 3 is 2.75 bits per heavy atom. The quantitative estimate of drug-likeness (QED) is 0.517. The van der Waals surface area contributed by atoms with Crippen molar-refractivity contribution < 1.29 is 9.53 Å². The van der Waals surface area contributed by atoms with Crippen LogP contribution in [0.2, 0.25) is 0 Å². The van der Waals surface area contributed by atoms with Crippen molar-refractivity contribution >= 4 is 18.4 Å². The summed E-state index contributed by atoms with van der Waals surface area (Å²) in [6, 6.07) is 0. The van der Waals surface area contributed by atoms with Crippen LogP contribution in [0.3, 0.4) is 0 Å². The maximum Gasteiger partial charge on any atom is 0.317 e. The highest BCUT2D eigenvalue weighted by atomic mass is 35.5. The van der Waals surface area contributed by atoms with Crippen molar-refractivity contribution in [3.05, 3.63) is 12.7 Å². The molecule has 0 aliphatic carbocycles. The van der Waals surface area contributed by atoms with Crippen molar-refractivity contribution in [2.24, 2.45) is 5.41 Å². The van der Waals surface area contributed by atoms with Gasteiger partial charge in [0.2, 0.25) is 0 Å². The fraction of sp³-hybridized carbons (Fsp3) is 0.625. The molecule has 0 aromatic carbocycles. The standard InChI is InChI=1S/C8H13NO2.ClH/c1-3-8(7(10)11-2)4-5-9-6-8;/h3,9H,1,4-6H2,2H3;1H. The first-order valence-electron chi connectivity index (χ1n) is 3.68. The van der Waals surface area contributed by atoms with Crippen molar-refractivity contribution in [1.82, 2.24) is 5.32 Å². The summed E-state index contributed by atoms with van der Waals surface area (Å²) < 4.78 is 4.68. The second kappa shape index (κ2) is 4.48. The van der Waals surface area contributed by atoms with Gasteiger partial charge in [0.25, 0.3) is 0 Å². The number of methoxy groups -OCH3 is 1. The van der Waals surface area contributed by atoms with E-state index in [1.807, 2.05) is 0 Å². The van der Waals surface area contributed by atoms with E-state index in [-0.39, 0.29) is 18.4 Å². The maximum absolute atomic E-state index is 11.2. The van der Waals surface area contributed by atoms with E-state index in [0.29, 0.717) is 6.54 Å². The van der Waals surface area contributed by atoms with Crippen LogP contribution in [0.5, 0.6) is 0 Å². The van der Waals surface area contributed by atoms with E-state index in [2.05, 4.69) is 16.6 Å². The zero-order chi connectivity index (χ0) is 8.32. The molecule has 0 bridgehead atoms. The number of esters is 1. The van der Waals surface area contributed by atoms with Gasteiger partial charge in [-0.1, -0.05) is 6.08 Å². The molecule has 1 aliphatic heterocycles. The Morgan fingerprint density at radius 1 is 1.75 bits per heavy atom. The highest BCUT2D eigenvalue weighted by Crippen LogP contribution is 2.27. The highest BCUT2D eigenvalue weighted by molar-refractivity contribution is 5.85. The zero-order valence-corrected chi connectivity index (χ0v) is 7.95. The van der Waals surface area contributed by atoms with Crippen LogP contribution in [0.4, 0.5) is 0 Å². The summed E-state index contributed by atoms with van der Waals surface area (Å²) in [5.41, 5.74) is -0.464. The van der Waals surface area contributed by atoms with Gasteiger partial charge in [0, 0.05) is 6.54 Å². The summed E-state index contributed by atoms with van der Waals surface area (Å²) in [5, 5.41) is 3.11. The van der Waals surface area contributed by atoms with E-state index < -0.39 is 5.41 Å². The molecule has 0 amide bonds. The molecule has 1 heterocycles. The van der Waals surface area contributed by atoms with Crippen LogP contribution in [-0.2, 0) is 9.53 Å². The lowest BCUT2D eigenvalue weighted by atomic mass is 9.88. The number of carbonyl (C=O) groups excluding carboxylic acids is 1. The lowest BCUT2D eigenvalue weighted by Crippen LogP contribution is -2.32. The first-order valence-corrected chi connectivity index (χ1v) is 3.68. The molecule has 1 rings (SSSR count). The Labute approximate surface area is 78.6 Å². The van der Waals surface area contributed by atoms with E-state index in [9.17, 15) is 4.79 Å². The Kier molecular flexibility index (Phi) is 4.28. The molecule has 1 fully saturated rings. The molecular weight excluding hydrogens is 178 g/mol. The van der Waals surface area contributed by atoms with E-state index in [1.165, 1.54) is 7.11 Å². The summed E-state index contributed by atoms with van der Waals surface area (Å²) in [6.07, 6.45) is 2.47. The Bertz CT molecular complexity index is 176. The van der Waals surface area contributed by atoms with Crippen LogP contribution in [-0.4, -0.2) is 26.2 Å². The van der Waals surface area contributed by atoms with Gasteiger partial charge in [-0.05, 0) is 13.0 Å². The van der Waals surface area contributed by atoms with Gasteiger partial charge in [0.15, 0.2) is 0 Å². The van der Waals surface area contributed by atoms with Crippen molar-refractivity contribution in [3.8, 4) is 0 Å². The molecule has 12 heavy (non-hydrogen) atoms. The van der Waals surface area contributed by atoms with Crippen LogP contribution in [0.25, 0.3) is 0 Å². The topological polar surface area (TPSA) is 38.3 Å². The number of hydrogen-bond acceptors (Lipinski definition) is 3. The fourth-order valence-electron chi connectivity index (χ4n) is 1.35. The molecule has 4 heteroatoms. The zero-order valence-electron chi connectivity index (χ0n) is 7.13. The second-order valence-corrected chi connectivity index (χ2v) is 2.78. The second-order valence-electron chi connectivity index (χ2n) is 2.78. The van der Waals surface area contributed by atoms with Gasteiger partial charge in [-0.25, -0.2) is 0 Å². The van der Waals surface area contributed by atoms with Gasteiger partial charge >= 0.3 is 5.97 Å². The molecule has 0 radical (unpaired) electrons. The van der Waals surface area contributed by atoms with E-state index in [4.69, 9.17) is 0 Å². The summed E-state index contributed by atoms with van der Waals surface area (Å²) in [7, 11) is 1.41. The van der Waals surface area contributed by atoms with Crippen LogP contribution in [0.15, 0.2) is 12.7 Å². The minimum atomic E-state index is -0.464. The average molecular weight is 192 g/mol. The van der Waals surface area contributed by atoms with Crippen molar-refractivity contribution in [1.29, 1.82) is 0 Å². The predicted molar refractivity (Wildman–Crippen MR) is 49.4 cm³/mol. The first-order chi connectivity index (χ1) is 5.25. The fourth-order valence-corrected chi connectivity index (χ4v) is 1.35. The molecule has 1 unspecified atom stereocenters. The predicted octanol–water partition coefficient (Wildman–Crippen LogP) is 0.747.